The molecule has 0 saturated heterocycles. The van der Waals surface area contributed by atoms with Gasteiger partial charge in [0.2, 0.25) is 0 Å². The molecule has 2 aromatic carbocycles. The quantitative estimate of drug-likeness (QED) is 0.738. The minimum Gasteiger partial charge on any atom is -0.494 e. The lowest BCUT2D eigenvalue weighted by molar-refractivity contribution is -0.137. The number of hydrogen-bond donors (Lipinski definition) is 2. The fourth-order valence-electron chi connectivity index (χ4n) is 2.08. The molecule has 0 aliphatic rings. The lowest BCUT2D eigenvalue weighted by Crippen LogP contribution is -2.12. The first-order valence-corrected chi connectivity index (χ1v) is 7.85. The molecule has 24 heavy (non-hydrogen) atoms. The van der Waals surface area contributed by atoms with Gasteiger partial charge in [0.1, 0.15) is 5.75 Å². The van der Waals surface area contributed by atoms with Crippen molar-refractivity contribution in [2.24, 2.45) is 0 Å². The van der Waals surface area contributed by atoms with Crippen molar-refractivity contribution in [1.82, 2.24) is 0 Å². The van der Waals surface area contributed by atoms with Crippen molar-refractivity contribution >= 4 is 29.2 Å². The first kappa shape index (κ1) is 17.8. The Morgan fingerprint density at radius 2 is 1.88 bits per heavy atom. The first-order chi connectivity index (χ1) is 11.5. The molecule has 1 amide bonds. The molecule has 2 N–H and O–H groups in total. The molecule has 5 nitrogen and oxygen atoms in total. The van der Waals surface area contributed by atoms with Gasteiger partial charge < -0.3 is 15.2 Å². The average molecular weight is 348 g/mol. The van der Waals surface area contributed by atoms with Crippen LogP contribution in [0.1, 0.15) is 28.8 Å². The second kappa shape index (κ2) is 8.36. The molecule has 126 valence electrons. The number of carboxylic acid groups (broad SMARTS) is 1. The Morgan fingerprint density at radius 1 is 1.17 bits per heavy atom. The lowest BCUT2D eigenvalue weighted by atomic mass is 10.1. The summed E-state index contributed by atoms with van der Waals surface area (Å²) >= 11 is 5.90. The summed E-state index contributed by atoms with van der Waals surface area (Å²) in [5, 5.41) is 12.0. The molecule has 0 atom stereocenters. The van der Waals surface area contributed by atoms with Crippen molar-refractivity contribution in [1.29, 1.82) is 0 Å². The monoisotopic (exact) mass is 347 g/mol. The minimum atomic E-state index is -0.844. The molecule has 0 aromatic heterocycles. The van der Waals surface area contributed by atoms with E-state index in [2.05, 4.69) is 5.32 Å². The SMILES string of the molecule is Cc1cc(Cl)ccc1NC(=O)c1ccc(OCCCC(=O)O)cc1. The molecule has 2 rings (SSSR count). The second-order valence-corrected chi connectivity index (χ2v) is 5.72. The van der Waals surface area contributed by atoms with Gasteiger partial charge >= 0.3 is 5.97 Å². The fourth-order valence-corrected chi connectivity index (χ4v) is 2.30. The topological polar surface area (TPSA) is 75.6 Å². The van der Waals surface area contributed by atoms with E-state index in [-0.39, 0.29) is 12.3 Å². The highest BCUT2D eigenvalue weighted by Gasteiger charge is 2.08. The van der Waals surface area contributed by atoms with Crippen LogP contribution in [-0.2, 0) is 4.79 Å². The smallest absolute Gasteiger partial charge is 0.303 e. The number of benzene rings is 2. The summed E-state index contributed by atoms with van der Waals surface area (Å²) in [6.45, 7) is 2.19. The molecule has 0 saturated carbocycles. The van der Waals surface area contributed by atoms with E-state index < -0.39 is 5.97 Å². The van der Waals surface area contributed by atoms with Crippen LogP contribution in [-0.4, -0.2) is 23.6 Å². The van der Waals surface area contributed by atoms with Crippen LogP contribution in [0.3, 0.4) is 0 Å². The Labute approximate surface area is 145 Å². The van der Waals surface area contributed by atoms with Crippen molar-refractivity contribution in [3.8, 4) is 5.75 Å². The van der Waals surface area contributed by atoms with Gasteiger partial charge in [0.05, 0.1) is 6.61 Å². The van der Waals surface area contributed by atoms with Gasteiger partial charge in [-0.2, -0.15) is 0 Å². The van der Waals surface area contributed by atoms with Gasteiger partial charge in [0.25, 0.3) is 5.91 Å². The summed E-state index contributed by atoms with van der Waals surface area (Å²) in [6.07, 6.45) is 0.508. The number of amides is 1. The number of carbonyl (C=O) groups is 2. The average Bonchev–Trinajstić information content (AvgIpc) is 2.54. The van der Waals surface area contributed by atoms with Crippen LogP contribution in [0.5, 0.6) is 5.75 Å². The largest absolute Gasteiger partial charge is 0.494 e. The standard InChI is InChI=1S/C18H18ClNO4/c1-12-11-14(19)6-9-16(12)20-18(23)13-4-7-15(8-5-13)24-10-2-3-17(21)22/h4-9,11H,2-3,10H2,1H3,(H,20,23)(H,21,22). The van der Waals surface area contributed by atoms with Crippen LogP contribution in [0, 0.1) is 6.92 Å². The Morgan fingerprint density at radius 3 is 2.50 bits per heavy atom. The number of nitrogens with one attached hydrogen (secondary N) is 1. The summed E-state index contributed by atoms with van der Waals surface area (Å²) < 4.78 is 5.43. The van der Waals surface area contributed by atoms with Gasteiger partial charge in [-0.1, -0.05) is 11.6 Å². The van der Waals surface area contributed by atoms with Crippen molar-refractivity contribution < 1.29 is 19.4 Å². The molecule has 0 heterocycles. The lowest BCUT2D eigenvalue weighted by Gasteiger charge is -2.10. The van der Waals surface area contributed by atoms with Crippen LogP contribution in [0.2, 0.25) is 5.02 Å². The van der Waals surface area contributed by atoms with Gasteiger partial charge in [0, 0.05) is 22.7 Å². The zero-order chi connectivity index (χ0) is 17.5. The molecule has 0 aliphatic heterocycles. The normalized spacial score (nSPS) is 10.2. The van der Waals surface area contributed by atoms with Gasteiger partial charge in [-0.15, -0.1) is 0 Å². The number of aryl methyl sites for hydroxylation is 1. The number of anilines is 1. The van der Waals surface area contributed by atoms with E-state index >= 15 is 0 Å². The molecular weight excluding hydrogens is 330 g/mol. The van der Waals surface area contributed by atoms with Crippen LogP contribution in [0.15, 0.2) is 42.5 Å². The van der Waals surface area contributed by atoms with E-state index in [1.807, 2.05) is 6.92 Å². The number of carboxylic acids is 1. The van der Waals surface area contributed by atoms with E-state index in [9.17, 15) is 9.59 Å². The predicted octanol–water partition coefficient (Wildman–Crippen LogP) is 4.14. The third-order valence-electron chi connectivity index (χ3n) is 3.36. The number of ether oxygens (including phenoxy) is 1. The molecule has 0 spiro atoms. The van der Waals surface area contributed by atoms with E-state index in [0.29, 0.717) is 35.1 Å². The zero-order valence-corrected chi connectivity index (χ0v) is 14.0. The molecule has 0 unspecified atom stereocenters. The predicted molar refractivity (Wildman–Crippen MR) is 92.9 cm³/mol. The van der Waals surface area contributed by atoms with Crippen LogP contribution >= 0.6 is 11.6 Å². The first-order valence-electron chi connectivity index (χ1n) is 7.48. The Kier molecular flexibility index (Phi) is 6.21. The van der Waals surface area contributed by atoms with E-state index in [4.69, 9.17) is 21.4 Å². The highest BCUT2D eigenvalue weighted by molar-refractivity contribution is 6.30. The maximum absolute atomic E-state index is 12.2. The van der Waals surface area contributed by atoms with Crippen LogP contribution < -0.4 is 10.1 Å². The Hall–Kier alpha value is -2.53. The highest BCUT2D eigenvalue weighted by Crippen LogP contribution is 2.21. The van der Waals surface area contributed by atoms with E-state index in [1.54, 1.807) is 42.5 Å². The maximum Gasteiger partial charge on any atom is 0.303 e. The second-order valence-electron chi connectivity index (χ2n) is 5.28. The summed E-state index contributed by atoms with van der Waals surface area (Å²) in [6, 6.07) is 12.0. The third-order valence-corrected chi connectivity index (χ3v) is 3.59. The Balaban J connectivity index is 1.92. The maximum atomic E-state index is 12.2. The summed E-state index contributed by atoms with van der Waals surface area (Å²) in [5.41, 5.74) is 2.09. The van der Waals surface area contributed by atoms with Crippen LogP contribution in [0.4, 0.5) is 5.69 Å². The third kappa shape index (κ3) is 5.28. The molecule has 0 bridgehead atoms. The number of hydrogen-bond acceptors (Lipinski definition) is 3. The van der Waals surface area contributed by atoms with Crippen molar-refractivity contribution in [2.75, 3.05) is 11.9 Å². The van der Waals surface area contributed by atoms with Gasteiger partial charge in [-0.25, -0.2) is 0 Å². The molecular formula is C18H18ClNO4. The fraction of sp³-hybridized carbons (Fsp3) is 0.222. The van der Waals surface area contributed by atoms with E-state index in [0.717, 1.165) is 5.56 Å². The number of carbonyl (C=O) groups excluding carboxylic acids is 1. The molecule has 0 radical (unpaired) electrons. The minimum absolute atomic E-state index is 0.0704. The molecule has 6 heteroatoms. The number of aliphatic carboxylic acids is 1. The molecule has 0 aliphatic carbocycles. The summed E-state index contributed by atoms with van der Waals surface area (Å²) in [5.74, 6) is -0.472. The van der Waals surface area contributed by atoms with Crippen molar-refractivity contribution in [3.05, 3.63) is 58.6 Å². The molecule has 0 fully saturated rings. The van der Waals surface area contributed by atoms with Crippen molar-refractivity contribution in [2.45, 2.75) is 19.8 Å². The number of rotatable bonds is 7. The molecule has 2 aromatic rings. The highest BCUT2D eigenvalue weighted by atomic mass is 35.5. The number of halogens is 1. The van der Waals surface area contributed by atoms with Gasteiger partial charge in [0.15, 0.2) is 0 Å². The summed E-state index contributed by atoms with van der Waals surface area (Å²) in [7, 11) is 0. The Bertz CT molecular complexity index is 728. The van der Waals surface area contributed by atoms with Gasteiger partial charge in [-0.05, 0) is 61.4 Å². The van der Waals surface area contributed by atoms with Crippen LogP contribution in [0.25, 0.3) is 0 Å². The summed E-state index contributed by atoms with van der Waals surface area (Å²) in [4.78, 5) is 22.7. The zero-order valence-electron chi connectivity index (χ0n) is 13.2. The van der Waals surface area contributed by atoms with Gasteiger partial charge in [-0.3, -0.25) is 9.59 Å². The van der Waals surface area contributed by atoms with E-state index in [1.165, 1.54) is 0 Å². The van der Waals surface area contributed by atoms with Crippen molar-refractivity contribution in [3.63, 3.8) is 0 Å².